The molecule has 1 aliphatic heterocycles. The summed E-state index contributed by atoms with van der Waals surface area (Å²) in [5.74, 6) is 0.804. The molecule has 5 atom stereocenters. The zero-order valence-corrected chi connectivity index (χ0v) is 23.8. The molecule has 7 nitrogen and oxygen atoms in total. The number of piperidine rings is 1. The molecule has 2 aliphatic rings. The number of nitrogens with zero attached hydrogens (tertiary/aromatic N) is 1. The Morgan fingerprint density at radius 2 is 1.72 bits per heavy atom. The first-order chi connectivity index (χ1) is 18.5. The van der Waals surface area contributed by atoms with Crippen LogP contribution in [0.4, 0.5) is 0 Å². The lowest BCUT2D eigenvalue weighted by atomic mass is 9.72. The van der Waals surface area contributed by atoms with Gasteiger partial charge in [0, 0.05) is 29.8 Å². The van der Waals surface area contributed by atoms with E-state index < -0.39 is 12.1 Å². The van der Waals surface area contributed by atoms with Crippen LogP contribution in [0, 0.1) is 18.8 Å². The van der Waals surface area contributed by atoms with Crippen LogP contribution in [0.1, 0.15) is 74.4 Å². The SMILES string of the molecule is Cc1c(O)cccc1C(=O)N[C@@H](Cc1ccccc1)[C@H](O)CN1C[C@H]2CCCC[C@H]2C[C@H]1C(=O)NC(C)(C)C. The monoisotopic (exact) mass is 535 g/mol. The molecule has 1 aliphatic carbocycles. The minimum atomic E-state index is -0.892. The summed E-state index contributed by atoms with van der Waals surface area (Å²) in [6, 6.07) is 13.8. The number of nitrogens with one attached hydrogen (secondary N) is 2. The molecule has 0 radical (unpaired) electrons. The molecule has 2 aromatic rings. The summed E-state index contributed by atoms with van der Waals surface area (Å²) in [7, 11) is 0. The smallest absolute Gasteiger partial charge is 0.252 e. The highest BCUT2D eigenvalue weighted by atomic mass is 16.3. The summed E-state index contributed by atoms with van der Waals surface area (Å²) in [4.78, 5) is 28.9. The van der Waals surface area contributed by atoms with E-state index in [2.05, 4.69) is 15.5 Å². The third-order valence-corrected chi connectivity index (χ3v) is 8.35. The number of aliphatic hydroxyl groups is 1. The number of phenols is 1. The number of aliphatic hydroxyl groups excluding tert-OH is 1. The van der Waals surface area contributed by atoms with E-state index >= 15 is 0 Å². The van der Waals surface area contributed by atoms with Gasteiger partial charge in [0.2, 0.25) is 5.91 Å². The van der Waals surface area contributed by atoms with Gasteiger partial charge in [-0.25, -0.2) is 0 Å². The predicted octanol–water partition coefficient (Wildman–Crippen LogP) is 4.20. The molecule has 2 fully saturated rings. The van der Waals surface area contributed by atoms with Crippen molar-refractivity contribution in [3.8, 4) is 5.75 Å². The van der Waals surface area contributed by atoms with Crippen molar-refractivity contribution < 1.29 is 19.8 Å². The van der Waals surface area contributed by atoms with E-state index in [1.165, 1.54) is 12.8 Å². The second kappa shape index (κ2) is 12.5. The number of aromatic hydroxyl groups is 1. The fourth-order valence-corrected chi connectivity index (χ4v) is 6.26. The van der Waals surface area contributed by atoms with Crippen LogP contribution in [0.3, 0.4) is 0 Å². The largest absolute Gasteiger partial charge is 0.508 e. The Morgan fingerprint density at radius 3 is 2.41 bits per heavy atom. The average molecular weight is 536 g/mol. The minimum absolute atomic E-state index is 0.0118. The van der Waals surface area contributed by atoms with Crippen LogP contribution in [-0.4, -0.2) is 63.7 Å². The van der Waals surface area contributed by atoms with Gasteiger partial charge >= 0.3 is 0 Å². The molecule has 212 valence electrons. The lowest BCUT2D eigenvalue weighted by Crippen LogP contribution is -2.60. The van der Waals surface area contributed by atoms with E-state index in [1.807, 2.05) is 51.1 Å². The minimum Gasteiger partial charge on any atom is -0.508 e. The summed E-state index contributed by atoms with van der Waals surface area (Å²) in [6.07, 6.45) is 5.12. The molecule has 2 aromatic carbocycles. The highest BCUT2D eigenvalue weighted by Crippen LogP contribution is 2.39. The first kappa shape index (κ1) is 29.1. The molecule has 2 amide bonds. The van der Waals surface area contributed by atoms with Gasteiger partial charge in [-0.3, -0.25) is 14.5 Å². The fourth-order valence-electron chi connectivity index (χ4n) is 6.26. The lowest BCUT2D eigenvalue weighted by molar-refractivity contribution is -0.132. The van der Waals surface area contributed by atoms with Crippen LogP contribution in [-0.2, 0) is 11.2 Å². The first-order valence-corrected chi connectivity index (χ1v) is 14.4. The Hall–Kier alpha value is -2.90. The third-order valence-electron chi connectivity index (χ3n) is 8.35. The highest BCUT2D eigenvalue weighted by Gasteiger charge is 2.41. The summed E-state index contributed by atoms with van der Waals surface area (Å²) in [5, 5.41) is 28.0. The molecule has 4 N–H and O–H groups in total. The fraction of sp³-hybridized carbons (Fsp3) is 0.562. The maximum absolute atomic E-state index is 13.4. The van der Waals surface area contributed by atoms with Crippen molar-refractivity contribution in [3.63, 3.8) is 0 Å². The third kappa shape index (κ3) is 7.61. The maximum Gasteiger partial charge on any atom is 0.252 e. The van der Waals surface area contributed by atoms with Gasteiger partial charge in [-0.2, -0.15) is 0 Å². The van der Waals surface area contributed by atoms with Gasteiger partial charge < -0.3 is 20.8 Å². The Kier molecular flexibility index (Phi) is 9.34. The molecule has 0 spiro atoms. The number of likely N-dealkylation sites (tertiary alicyclic amines) is 1. The summed E-state index contributed by atoms with van der Waals surface area (Å²) in [6.45, 7) is 8.75. The number of β-amino-alcohol motifs (C(OH)–C–C–N with tert-alkyl or cyclic N) is 1. The van der Waals surface area contributed by atoms with Crippen molar-refractivity contribution in [2.24, 2.45) is 11.8 Å². The second-order valence-corrected chi connectivity index (χ2v) is 12.5. The van der Waals surface area contributed by atoms with Gasteiger partial charge in [-0.1, -0.05) is 55.7 Å². The van der Waals surface area contributed by atoms with E-state index in [9.17, 15) is 19.8 Å². The number of phenolic OH excluding ortho intramolecular Hbond substituents is 1. The molecular formula is C32H45N3O4. The number of benzene rings is 2. The lowest BCUT2D eigenvalue weighted by Gasteiger charge is -2.47. The van der Waals surface area contributed by atoms with Crippen molar-refractivity contribution in [1.29, 1.82) is 0 Å². The van der Waals surface area contributed by atoms with Gasteiger partial charge in [0.25, 0.3) is 5.91 Å². The highest BCUT2D eigenvalue weighted by molar-refractivity contribution is 5.96. The molecule has 7 heteroatoms. The van der Waals surface area contributed by atoms with Crippen LogP contribution < -0.4 is 10.6 Å². The van der Waals surface area contributed by atoms with Gasteiger partial charge in [0.1, 0.15) is 5.75 Å². The topological polar surface area (TPSA) is 102 Å². The number of carbonyl (C=O) groups is 2. The van der Waals surface area contributed by atoms with Crippen molar-refractivity contribution in [3.05, 3.63) is 65.2 Å². The van der Waals surface area contributed by atoms with Crippen LogP contribution in [0.15, 0.2) is 48.5 Å². The summed E-state index contributed by atoms with van der Waals surface area (Å²) < 4.78 is 0. The van der Waals surface area contributed by atoms with Gasteiger partial charge in [0.05, 0.1) is 18.2 Å². The number of rotatable bonds is 8. The van der Waals surface area contributed by atoms with Crippen molar-refractivity contribution >= 4 is 11.8 Å². The number of hydrogen-bond acceptors (Lipinski definition) is 5. The number of carbonyl (C=O) groups excluding carboxylic acids is 2. The average Bonchev–Trinajstić information content (AvgIpc) is 2.89. The molecule has 1 saturated carbocycles. The Bertz CT molecular complexity index is 1130. The molecular weight excluding hydrogens is 490 g/mol. The molecule has 1 saturated heterocycles. The van der Waals surface area contributed by atoms with Gasteiger partial charge in [0.15, 0.2) is 0 Å². The van der Waals surface area contributed by atoms with Crippen LogP contribution in [0.2, 0.25) is 0 Å². The van der Waals surface area contributed by atoms with Gasteiger partial charge in [-0.05, 0) is 76.5 Å². The predicted molar refractivity (Wildman–Crippen MR) is 154 cm³/mol. The Balaban J connectivity index is 1.56. The van der Waals surface area contributed by atoms with Crippen LogP contribution in [0.25, 0.3) is 0 Å². The van der Waals surface area contributed by atoms with E-state index in [1.54, 1.807) is 25.1 Å². The van der Waals surface area contributed by atoms with E-state index in [-0.39, 0.29) is 29.1 Å². The number of fused-ring (bicyclic) bond motifs is 1. The molecule has 1 heterocycles. The van der Waals surface area contributed by atoms with Crippen molar-refractivity contribution in [2.75, 3.05) is 13.1 Å². The second-order valence-electron chi connectivity index (χ2n) is 12.5. The van der Waals surface area contributed by atoms with Gasteiger partial charge in [-0.15, -0.1) is 0 Å². The number of amides is 2. The molecule has 4 rings (SSSR count). The van der Waals surface area contributed by atoms with Crippen LogP contribution in [0.5, 0.6) is 5.75 Å². The molecule has 0 unspecified atom stereocenters. The quantitative estimate of drug-likeness (QED) is 0.406. The standard InChI is InChI=1S/C32H45N3O4/c1-21-25(15-10-16-28(21)36)30(38)33-26(17-22-11-6-5-7-12-22)29(37)20-35-19-24-14-9-8-13-23(24)18-27(35)31(39)34-32(2,3)4/h5-7,10-12,15-16,23-24,26-27,29,36-37H,8-9,13-14,17-20H2,1-4H3,(H,33,38)(H,34,39)/t23-,24+,26-,27-,29+/m0/s1. The normalized spacial score (nSPS) is 23.4. The number of hydrogen-bond donors (Lipinski definition) is 4. The van der Waals surface area contributed by atoms with Crippen molar-refractivity contribution in [2.45, 2.75) is 89.9 Å². The molecule has 39 heavy (non-hydrogen) atoms. The van der Waals surface area contributed by atoms with Crippen LogP contribution >= 0.6 is 0 Å². The molecule has 0 aromatic heterocycles. The summed E-state index contributed by atoms with van der Waals surface area (Å²) in [5.41, 5.74) is 1.54. The maximum atomic E-state index is 13.4. The Morgan fingerprint density at radius 1 is 1.03 bits per heavy atom. The van der Waals surface area contributed by atoms with E-state index in [0.29, 0.717) is 35.9 Å². The van der Waals surface area contributed by atoms with E-state index in [0.717, 1.165) is 31.4 Å². The first-order valence-electron chi connectivity index (χ1n) is 14.4. The Labute approximate surface area is 233 Å². The molecule has 0 bridgehead atoms. The zero-order chi connectivity index (χ0) is 28.2. The zero-order valence-electron chi connectivity index (χ0n) is 23.8. The van der Waals surface area contributed by atoms with Crippen molar-refractivity contribution in [1.82, 2.24) is 15.5 Å². The summed E-state index contributed by atoms with van der Waals surface area (Å²) >= 11 is 0. The van der Waals surface area contributed by atoms with E-state index in [4.69, 9.17) is 0 Å².